The molecule has 5 nitrogen and oxygen atoms in total. The van der Waals surface area contributed by atoms with E-state index < -0.39 is 11.4 Å². The zero-order valence-electron chi connectivity index (χ0n) is 13.2. The molecule has 2 heterocycles. The summed E-state index contributed by atoms with van der Waals surface area (Å²) in [5.41, 5.74) is 0.0650. The van der Waals surface area contributed by atoms with Crippen molar-refractivity contribution in [3.05, 3.63) is 46.5 Å². The lowest BCUT2D eigenvalue weighted by Crippen LogP contribution is -2.31. The van der Waals surface area contributed by atoms with Gasteiger partial charge < -0.3 is 5.11 Å². The molecule has 0 bridgehead atoms. The van der Waals surface area contributed by atoms with Crippen LogP contribution in [0.3, 0.4) is 0 Å². The highest BCUT2D eigenvalue weighted by Crippen LogP contribution is 2.32. The summed E-state index contributed by atoms with van der Waals surface area (Å²) in [6.45, 7) is 5.48. The summed E-state index contributed by atoms with van der Waals surface area (Å²) < 4.78 is 15.7. The van der Waals surface area contributed by atoms with Crippen LogP contribution in [-0.2, 0) is 12.1 Å². The van der Waals surface area contributed by atoms with Crippen LogP contribution in [0.15, 0.2) is 24.4 Å². The summed E-state index contributed by atoms with van der Waals surface area (Å²) in [6.07, 6.45) is 2.33. The van der Waals surface area contributed by atoms with Crippen LogP contribution in [0.2, 0.25) is 5.02 Å². The van der Waals surface area contributed by atoms with E-state index in [2.05, 4.69) is 10.3 Å². The van der Waals surface area contributed by atoms with Gasteiger partial charge in [-0.05, 0) is 26.3 Å². The molecule has 0 unspecified atom stereocenters. The van der Waals surface area contributed by atoms with Crippen molar-refractivity contribution in [2.45, 2.75) is 38.5 Å². The molecular formula is C16H20ClFN4O. The van der Waals surface area contributed by atoms with Crippen molar-refractivity contribution < 1.29 is 9.50 Å². The Bertz CT molecular complexity index is 705. The van der Waals surface area contributed by atoms with Crippen molar-refractivity contribution in [1.29, 1.82) is 0 Å². The van der Waals surface area contributed by atoms with E-state index in [4.69, 9.17) is 11.6 Å². The third-order valence-electron chi connectivity index (χ3n) is 4.27. The maximum atomic E-state index is 14.0. The second kappa shape index (κ2) is 6.19. The lowest BCUT2D eigenvalue weighted by Gasteiger charge is -2.21. The predicted octanol–water partition coefficient (Wildman–Crippen LogP) is 2.75. The Labute approximate surface area is 139 Å². The molecule has 0 spiro atoms. The number of halogens is 2. The van der Waals surface area contributed by atoms with Crippen molar-refractivity contribution >= 4 is 11.6 Å². The van der Waals surface area contributed by atoms with Crippen molar-refractivity contribution in [1.82, 2.24) is 19.9 Å². The van der Waals surface area contributed by atoms with Gasteiger partial charge in [-0.15, -0.1) is 5.10 Å². The van der Waals surface area contributed by atoms with E-state index in [0.29, 0.717) is 37.3 Å². The Morgan fingerprint density at radius 3 is 2.91 bits per heavy atom. The van der Waals surface area contributed by atoms with Gasteiger partial charge in [0.2, 0.25) is 0 Å². The molecular weight excluding hydrogens is 319 g/mol. The molecule has 1 N–H and O–H groups in total. The highest BCUT2D eigenvalue weighted by atomic mass is 35.5. The van der Waals surface area contributed by atoms with Crippen LogP contribution in [0.25, 0.3) is 0 Å². The molecule has 2 aromatic rings. The van der Waals surface area contributed by atoms with E-state index in [-0.39, 0.29) is 11.1 Å². The van der Waals surface area contributed by atoms with Gasteiger partial charge in [0, 0.05) is 31.2 Å². The van der Waals surface area contributed by atoms with Crippen LogP contribution in [0, 0.1) is 5.82 Å². The average molecular weight is 339 g/mol. The van der Waals surface area contributed by atoms with E-state index in [1.54, 1.807) is 23.0 Å². The Morgan fingerprint density at radius 1 is 1.43 bits per heavy atom. The third-order valence-corrected chi connectivity index (χ3v) is 4.56. The SMILES string of the molecule is CC(C)n1cc([C@@]2(O)CCN(Cc3cccc(Cl)c3F)C2)nn1. The first-order valence-electron chi connectivity index (χ1n) is 7.69. The summed E-state index contributed by atoms with van der Waals surface area (Å²) >= 11 is 5.82. The molecule has 1 aliphatic heterocycles. The number of benzene rings is 1. The molecule has 1 aliphatic rings. The van der Waals surface area contributed by atoms with Gasteiger partial charge in [0.25, 0.3) is 0 Å². The van der Waals surface area contributed by atoms with Crippen molar-refractivity contribution in [3.8, 4) is 0 Å². The molecule has 7 heteroatoms. The lowest BCUT2D eigenvalue weighted by molar-refractivity contribution is 0.0407. The molecule has 3 rings (SSSR count). The molecule has 0 saturated carbocycles. The van der Waals surface area contributed by atoms with Crippen molar-refractivity contribution in [2.75, 3.05) is 13.1 Å². The van der Waals surface area contributed by atoms with E-state index in [0.717, 1.165) is 0 Å². The van der Waals surface area contributed by atoms with E-state index in [9.17, 15) is 9.50 Å². The molecule has 0 amide bonds. The molecule has 1 aromatic heterocycles. The minimum Gasteiger partial charge on any atom is -0.382 e. The molecule has 1 atom stereocenters. The van der Waals surface area contributed by atoms with Crippen molar-refractivity contribution in [3.63, 3.8) is 0 Å². The second-order valence-corrected chi connectivity index (χ2v) is 6.79. The molecule has 1 saturated heterocycles. The summed E-state index contributed by atoms with van der Waals surface area (Å²) in [5.74, 6) is -0.393. The van der Waals surface area contributed by atoms with Gasteiger partial charge >= 0.3 is 0 Å². The minimum absolute atomic E-state index is 0.122. The van der Waals surface area contributed by atoms with Crippen LogP contribution >= 0.6 is 11.6 Å². The van der Waals surface area contributed by atoms with Crippen LogP contribution in [-0.4, -0.2) is 38.1 Å². The summed E-state index contributed by atoms with van der Waals surface area (Å²) in [4.78, 5) is 2.00. The Hall–Kier alpha value is -1.50. The largest absolute Gasteiger partial charge is 0.382 e. The Kier molecular flexibility index (Phi) is 4.40. The fourth-order valence-electron chi connectivity index (χ4n) is 2.87. The number of β-amino-alcohol motifs (C(OH)–C–C–N with tert-alkyl or cyclic N) is 1. The van der Waals surface area contributed by atoms with E-state index >= 15 is 0 Å². The van der Waals surface area contributed by atoms with Gasteiger partial charge in [0.15, 0.2) is 0 Å². The van der Waals surface area contributed by atoms with Gasteiger partial charge in [0.05, 0.1) is 11.2 Å². The predicted molar refractivity (Wildman–Crippen MR) is 85.6 cm³/mol. The number of likely N-dealkylation sites (tertiary alicyclic amines) is 1. The number of hydrogen-bond donors (Lipinski definition) is 1. The number of aliphatic hydroxyl groups is 1. The van der Waals surface area contributed by atoms with Gasteiger partial charge in [0.1, 0.15) is 17.1 Å². The van der Waals surface area contributed by atoms with E-state index in [1.807, 2.05) is 18.7 Å². The maximum absolute atomic E-state index is 14.0. The Morgan fingerprint density at radius 2 is 2.22 bits per heavy atom. The van der Waals surface area contributed by atoms with E-state index in [1.165, 1.54) is 6.07 Å². The molecule has 23 heavy (non-hydrogen) atoms. The van der Waals surface area contributed by atoms with Crippen LogP contribution in [0.5, 0.6) is 0 Å². The fourth-order valence-corrected chi connectivity index (χ4v) is 3.06. The molecule has 0 radical (unpaired) electrons. The lowest BCUT2D eigenvalue weighted by atomic mass is 10.00. The highest BCUT2D eigenvalue weighted by Gasteiger charge is 2.40. The van der Waals surface area contributed by atoms with Gasteiger partial charge in [-0.2, -0.15) is 0 Å². The quantitative estimate of drug-likeness (QED) is 0.931. The second-order valence-electron chi connectivity index (χ2n) is 6.38. The highest BCUT2D eigenvalue weighted by molar-refractivity contribution is 6.30. The first-order chi connectivity index (χ1) is 10.9. The first-order valence-corrected chi connectivity index (χ1v) is 8.07. The summed E-state index contributed by atoms with van der Waals surface area (Å²) in [6, 6.07) is 5.17. The summed E-state index contributed by atoms with van der Waals surface area (Å²) in [7, 11) is 0. The van der Waals surface area contributed by atoms with Crippen molar-refractivity contribution in [2.24, 2.45) is 0 Å². The number of nitrogens with zero attached hydrogens (tertiary/aromatic N) is 4. The monoisotopic (exact) mass is 338 g/mol. The fraction of sp³-hybridized carbons (Fsp3) is 0.500. The molecule has 124 valence electrons. The van der Waals surface area contributed by atoms with Gasteiger partial charge in [-0.3, -0.25) is 4.90 Å². The van der Waals surface area contributed by atoms with Crippen LogP contribution in [0.1, 0.15) is 37.6 Å². The number of hydrogen-bond acceptors (Lipinski definition) is 4. The molecule has 1 aromatic carbocycles. The van der Waals surface area contributed by atoms with Gasteiger partial charge in [-0.1, -0.05) is 28.9 Å². The molecule has 1 fully saturated rings. The number of rotatable bonds is 4. The Balaban J connectivity index is 1.73. The normalized spacial score (nSPS) is 22.2. The minimum atomic E-state index is -1.04. The van der Waals surface area contributed by atoms with Gasteiger partial charge in [-0.25, -0.2) is 9.07 Å². The zero-order chi connectivity index (χ0) is 16.6. The smallest absolute Gasteiger partial charge is 0.146 e. The zero-order valence-corrected chi connectivity index (χ0v) is 14.0. The average Bonchev–Trinajstić information content (AvgIpc) is 3.12. The third kappa shape index (κ3) is 3.24. The summed E-state index contributed by atoms with van der Waals surface area (Å²) in [5, 5.41) is 19.1. The maximum Gasteiger partial charge on any atom is 0.146 e. The number of aromatic nitrogens is 3. The standard InChI is InChI=1S/C16H20ClFN4O/c1-11(2)22-9-14(19-20-22)16(23)6-7-21(10-16)8-12-4-3-5-13(17)15(12)18/h3-5,9,11,23H,6-8,10H2,1-2H3/t16-/m1/s1. The van der Waals surface area contributed by atoms with Crippen LogP contribution in [0.4, 0.5) is 4.39 Å². The topological polar surface area (TPSA) is 54.2 Å². The first kappa shape index (κ1) is 16.4. The molecule has 0 aliphatic carbocycles. The van der Waals surface area contributed by atoms with Crippen LogP contribution < -0.4 is 0 Å².